The van der Waals surface area contributed by atoms with Gasteiger partial charge in [0.05, 0.1) is 22.2 Å². The van der Waals surface area contributed by atoms with Crippen molar-refractivity contribution >= 4 is 66.7 Å². The van der Waals surface area contributed by atoms with Crippen LogP contribution in [0.15, 0.2) is 109 Å². The van der Waals surface area contributed by atoms with E-state index < -0.39 is 18.3 Å². The lowest BCUT2D eigenvalue weighted by molar-refractivity contribution is 0.00578. The first-order valence-corrected chi connectivity index (χ1v) is 14.1. The van der Waals surface area contributed by atoms with E-state index in [1.807, 2.05) is 0 Å². The highest BCUT2D eigenvalue weighted by Crippen LogP contribution is 2.44. The predicted molar refractivity (Wildman–Crippen MR) is 169 cm³/mol. The predicted octanol–water partition coefficient (Wildman–Crippen LogP) is 8.54. The summed E-state index contributed by atoms with van der Waals surface area (Å²) in [5, 5.41) is 10.1. The molecule has 2 heterocycles. The second-order valence-electron chi connectivity index (χ2n) is 12.0. The SMILES string of the molecule is CC1(C)OB(c2ccc3c(c2)c2c4ccccc4c4ccc5ccccc5c4c2n3-c2ccccc2)OC1(C)C. The molecule has 1 aromatic heterocycles. The van der Waals surface area contributed by atoms with Gasteiger partial charge >= 0.3 is 7.12 Å². The van der Waals surface area contributed by atoms with Gasteiger partial charge in [0.2, 0.25) is 0 Å². The second kappa shape index (κ2) is 8.20. The Morgan fingerprint density at radius 1 is 0.550 bits per heavy atom. The highest BCUT2D eigenvalue weighted by molar-refractivity contribution is 6.62. The lowest BCUT2D eigenvalue weighted by Gasteiger charge is -2.32. The Labute approximate surface area is 234 Å². The number of fused-ring (bicyclic) bond motifs is 10. The average Bonchev–Trinajstić information content (AvgIpc) is 3.42. The summed E-state index contributed by atoms with van der Waals surface area (Å²) in [6.07, 6.45) is 0. The maximum atomic E-state index is 6.49. The Hall–Kier alpha value is -4.12. The molecule has 8 rings (SSSR count). The normalized spacial score (nSPS) is 16.6. The fourth-order valence-corrected chi connectivity index (χ4v) is 6.48. The maximum Gasteiger partial charge on any atom is 0.494 e. The summed E-state index contributed by atoms with van der Waals surface area (Å²) in [7, 11) is -0.419. The van der Waals surface area contributed by atoms with Gasteiger partial charge in [0, 0.05) is 21.8 Å². The molecule has 6 aromatic carbocycles. The highest BCUT2D eigenvalue weighted by atomic mass is 16.7. The zero-order valence-electron chi connectivity index (χ0n) is 23.2. The molecule has 0 saturated carbocycles. The minimum Gasteiger partial charge on any atom is -0.399 e. The van der Waals surface area contributed by atoms with E-state index in [0.717, 1.165) is 11.2 Å². The number of rotatable bonds is 2. The van der Waals surface area contributed by atoms with Gasteiger partial charge in [-0.2, -0.15) is 0 Å². The zero-order chi connectivity index (χ0) is 27.2. The first kappa shape index (κ1) is 23.7. The molecule has 0 spiro atoms. The van der Waals surface area contributed by atoms with Crippen molar-refractivity contribution in [3.63, 3.8) is 0 Å². The molecule has 0 aliphatic carbocycles. The quantitative estimate of drug-likeness (QED) is 0.169. The lowest BCUT2D eigenvalue weighted by Crippen LogP contribution is -2.41. The van der Waals surface area contributed by atoms with E-state index in [2.05, 4.69) is 141 Å². The summed E-state index contributed by atoms with van der Waals surface area (Å²) in [5.74, 6) is 0. The summed E-state index contributed by atoms with van der Waals surface area (Å²) < 4.78 is 15.4. The van der Waals surface area contributed by atoms with Crippen molar-refractivity contribution in [2.45, 2.75) is 38.9 Å². The van der Waals surface area contributed by atoms with Crippen molar-refractivity contribution in [2.75, 3.05) is 0 Å². The second-order valence-corrected chi connectivity index (χ2v) is 12.0. The van der Waals surface area contributed by atoms with Crippen molar-refractivity contribution in [1.82, 2.24) is 4.57 Å². The number of nitrogens with zero attached hydrogens (tertiary/aromatic N) is 1. The molecule has 0 unspecified atom stereocenters. The van der Waals surface area contributed by atoms with Crippen LogP contribution in [-0.4, -0.2) is 22.9 Å². The number of hydrogen-bond acceptors (Lipinski definition) is 2. The van der Waals surface area contributed by atoms with Crippen LogP contribution in [0.4, 0.5) is 0 Å². The standard InChI is InChI=1S/C36H30BNO2/c1-35(2)36(3,4)40-37(39-35)24-19-21-31-30(22-24)33-28-17-11-10-16-27(28)29-20-18-23-12-8-9-15-26(23)32(29)34(33)38(31)25-13-6-5-7-14-25/h5-22H,1-4H3. The van der Waals surface area contributed by atoms with E-state index >= 15 is 0 Å². The summed E-state index contributed by atoms with van der Waals surface area (Å²) in [6, 6.07) is 39.5. The molecule has 1 fully saturated rings. The molecular weight excluding hydrogens is 489 g/mol. The van der Waals surface area contributed by atoms with Crippen LogP contribution in [0.25, 0.3) is 59.8 Å². The maximum absolute atomic E-state index is 6.49. The fraction of sp³-hybridized carbons (Fsp3) is 0.167. The summed E-state index contributed by atoms with van der Waals surface area (Å²) in [4.78, 5) is 0. The van der Waals surface area contributed by atoms with E-state index in [1.54, 1.807) is 0 Å². The third-order valence-electron chi connectivity index (χ3n) is 9.18. The van der Waals surface area contributed by atoms with Crippen LogP contribution in [0, 0.1) is 0 Å². The molecule has 0 bridgehead atoms. The smallest absolute Gasteiger partial charge is 0.399 e. The van der Waals surface area contributed by atoms with E-state index in [0.29, 0.717) is 0 Å². The molecular formula is C36H30BNO2. The number of hydrogen-bond donors (Lipinski definition) is 0. The van der Waals surface area contributed by atoms with Crippen molar-refractivity contribution in [1.29, 1.82) is 0 Å². The molecule has 7 aromatic rings. The van der Waals surface area contributed by atoms with Crippen LogP contribution >= 0.6 is 0 Å². The Morgan fingerprint density at radius 2 is 1.15 bits per heavy atom. The van der Waals surface area contributed by atoms with Gasteiger partial charge < -0.3 is 13.9 Å². The van der Waals surface area contributed by atoms with Gasteiger partial charge in [-0.25, -0.2) is 0 Å². The van der Waals surface area contributed by atoms with Crippen LogP contribution in [0.5, 0.6) is 0 Å². The van der Waals surface area contributed by atoms with Crippen LogP contribution in [0.1, 0.15) is 27.7 Å². The van der Waals surface area contributed by atoms with Gasteiger partial charge in [0.25, 0.3) is 0 Å². The minimum atomic E-state index is -0.419. The molecule has 0 amide bonds. The van der Waals surface area contributed by atoms with Crippen molar-refractivity contribution < 1.29 is 9.31 Å². The summed E-state index contributed by atoms with van der Waals surface area (Å²) >= 11 is 0. The zero-order valence-corrected chi connectivity index (χ0v) is 23.2. The summed E-state index contributed by atoms with van der Waals surface area (Å²) in [6.45, 7) is 8.43. The Morgan fingerprint density at radius 3 is 1.90 bits per heavy atom. The monoisotopic (exact) mass is 519 g/mol. The lowest BCUT2D eigenvalue weighted by atomic mass is 9.78. The third-order valence-corrected chi connectivity index (χ3v) is 9.18. The Balaban J connectivity index is 1.58. The summed E-state index contributed by atoms with van der Waals surface area (Å²) in [5.41, 5.74) is 3.81. The highest BCUT2D eigenvalue weighted by Gasteiger charge is 2.51. The first-order valence-electron chi connectivity index (χ1n) is 14.1. The van der Waals surface area contributed by atoms with Crippen LogP contribution in [0.3, 0.4) is 0 Å². The van der Waals surface area contributed by atoms with Crippen LogP contribution < -0.4 is 5.46 Å². The van der Waals surface area contributed by atoms with Crippen LogP contribution in [0.2, 0.25) is 0 Å². The number of aromatic nitrogens is 1. The topological polar surface area (TPSA) is 23.4 Å². The molecule has 1 aliphatic heterocycles. The van der Waals surface area contributed by atoms with Crippen LogP contribution in [-0.2, 0) is 9.31 Å². The van der Waals surface area contributed by atoms with Crippen molar-refractivity contribution in [2.24, 2.45) is 0 Å². The molecule has 0 N–H and O–H groups in total. The van der Waals surface area contributed by atoms with Gasteiger partial charge in [-0.1, -0.05) is 91.0 Å². The minimum absolute atomic E-state index is 0.396. The van der Waals surface area contributed by atoms with Gasteiger partial charge in [0.1, 0.15) is 0 Å². The van der Waals surface area contributed by atoms with Crippen molar-refractivity contribution in [3.05, 3.63) is 109 Å². The molecule has 40 heavy (non-hydrogen) atoms. The third kappa shape index (κ3) is 3.21. The molecule has 0 atom stereocenters. The molecule has 3 nitrogen and oxygen atoms in total. The Bertz CT molecular complexity index is 2110. The largest absolute Gasteiger partial charge is 0.494 e. The van der Waals surface area contributed by atoms with E-state index in [1.165, 1.54) is 54.1 Å². The van der Waals surface area contributed by atoms with Gasteiger partial charge in [-0.05, 0) is 78.3 Å². The van der Waals surface area contributed by atoms with E-state index in [4.69, 9.17) is 9.31 Å². The molecule has 1 saturated heterocycles. The van der Waals surface area contributed by atoms with Gasteiger partial charge in [0.15, 0.2) is 0 Å². The number of benzene rings is 6. The number of para-hydroxylation sites is 1. The average molecular weight is 519 g/mol. The van der Waals surface area contributed by atoms with Gasteiger partial charge in [-0.15, -0.1) is 0 Å². The molecule has 194 valence electrons. The fourth-order valence-electron chi connectivity index (χ4n) is 6.48. The Kier molecular flexibility index (Phi) is 4.87. The molecule has 4 heteroatoms. The van der Waals surface area contributed by atoms with Gasteiger partial charge in [-0.3, -0.25) is 0 Å². The molecule has 0 radical (unpaired) electrons. The first-order chi connectivity index (χ1) is 19.3. The molecule has 1 aliphatic rings. The van der Waals surface area contributed by atoms with E-state index in [9.17, 15) is 0 Å². The van der Waals surface area contributed by atoms with Crippen molar-refractivity contribution in [3.8, 4) is 5.69 Å². The van der Waals surface area contributed by atoms with E-state index in [-0.39, 0.29) is 0 Å².